The minimum Gasteiger partial charge on any atom is -0.441 e. The van der Waals surface area contributed by atoms with Gasteiger partial charge in [0.05, 0.1) is 20.3 Å². The van der Waals surface area contributed by atoms with Crippen molar-refractivity contribution in [3.8, 4) is 21.6 Å². The molecule has 1 atom stereocenters. The predicted molar refractivity (Wildman–Crippen MR) is 152 cm³/mol. The predicted octanol–water partition coefficient (Wildman–Crippen LogP) is 9.32. The Balaban J connectivity index is 1.29. The maximum absolute atomic E-state index is 12.6. The third kappa shape index (κ3) is 5.45. The number of anilines is 1. The lowest BCUT2D eigenvalue weighted by Crippen LogP contribution is -2.16. The van der Waals surface area contributed by atoms with Crippen molar-refractivity contribution in [2.45, 2.75) is 38.2 Å². The van der Waals surface area contributed by atoms with Crippen LogP contribution in [0.15, 0.2) is 78.9 Å². The standard InChI is InChI=1S/C30H25Cl2NO3S/c1-18(20-9-13-25(31)14-10-20)36-29(35)33-26-17-27(32)37-28(26)23-5-3-21(4-6-23)22-7-11-24(12-8-22)30(15-16-30)19(2)34/h3-14,17-18H,15-16H2,1-2H3,(H,33,35)/t18-/m1/s1. The number of Topliss-reactive ketones (excluding diaryl/α,β-unsaturated/α-hetero) is 1. The molecule has 1 N–H and O–H groups in total. The molecule has 188 valence electrons. The summed E-state index contributed by atoms with van der Waals surface area (Å²) in [5.41, 5.74) is 5.36. The number of ketones is 1. The number of amides is 1. The summed E-state index contributed by atoms with van der Waals surface area (Å²) in [7, 11) is 0. The van der Waals surface area contributed by atoms with Gasteiger partial charge in [0.15, 0.2) is 0 Å². The van der Waals surface area contributed by atoms with Gasteiger partial charge in [0.25, 0.3) is 0 Å². The topological polar surface area (TPSA) is 55.4 Å². The number of halogens is 2. The van der Waals surface area contributed by atoms with E-state index in [1.165, 1.54) is 11.3 Å². The minimum atomic E-state index is -0.561. The van der Waals surface area contributed by atoms with Crippen LogP contribution in [0.1, 0.15) is 43.9 Å². The molecule has 0 saturated heterocycles. The molecule has 3 aromatic carbocycles. The third-order valence-electron chi connectivity index (χ3n) is 6.90. The van der Waals surface area contributed by atoms with Crippen molar-refractivity contribution in [2.75, 3.05) is 5.32 Å². The fourth-order valence-electron chi connectivity index (χ4n) is 4.53. The molecule has 1 aliphatic carbocycles. The molecule has 1 fully saturated rings. The van der Waals surface area contributed by atoms with E-state index in [0.717, 1.165) is 45.5 Å². The quantitative estimate of drug-likeness (QED) is 0.249. The van der Waals surface area contributed by atoms with E-state index in [-0.39, 0.29) is 11.2 Å². The summed E-state index contributed by atoms with van der Waals surface area (Å²) in [5, 5.41) is 3.46. The molecule has 37 heavy (non-hydrogen) atoms. The van der Waals surface area contributed by atoms with Crippen molar-refractivity contribution in [3.63, 3.8) is 0 Å². The van der Waals surface area contributed by atoms with Crippen molar-refractivity contribution in [3.05, 3.63) is 99.3 Å². The Bertz CT molecular complexity index is 1440. The van der Waals surface area contributed by atoms with Crippen LogP contribution in [-0.4, -0.2) is 11.9 Å². The molecule has 5 rings (SSSR count). The lowest BCUT2D eigenvalue weighted by molar-refractivity contribution is -0.119. The van der Waals surface area contributed by atoms with Crippen LogP contribution >= 0.6 is 34.5 Å². The second kappa shape index (κ2) is 10.3. The molecule has 1 saturated carbocycles. The molecule has 1 amide bonds. The van der Waals surface area contributed by atoms with Crippen LogP contribution < -0.4 is 5.32 Å². The van der Waals surface area contributed by atoms with Gasteiger partial charge in [-0.25, -0.2) is 4.79 Å². The maximum atomic E-state index is 12.6. The van der Waals surface area contributed by atoms with Gasteiger partial charge in [0, 0.05) is 5.02 Å². The summed E-state index contributed by atoms with van der Waals surface area (Å²) in [6, 6.07) is 25.3. The zero-order chi connectivity index (χ0) is 26.2. The Morgan fingerprint density at radius 1 is 0.892 bits per heavy atom. The minimum absolute atomic E-state index is 0.243. The van der Waals surface area contributed by atoms with Crippen molar-refractivity contribution >= 4 is 52.1 Å². The molecular weight excluding hydrogens is 525 g/mol. The summed E-state index contributed by atoms with van der Waals surface area (Å²) in [6.07, 6.45) is 0.868. The molecule has 0 bridgehead atoms. The van der Waals surface area contributed by atoms with Gasteiger partial charge in [0.1, 0.15) is 11.9 Å². The van der Waals surface area contributed by atoms with Gasteiger partial charge >= 0.3 is 6.09 Å². The highest BCUT2D eigenvalue weighted by Crippen LogP contribution is 2.49. The van der Waals surface area contributed by atoms with Crippen molar-refractivity contribution in [1.82, 2.24) is 0 Å². The van der Waals surface area contributed by atoms with E-state index in [2.05, 4.69) is 29.6 Å². The molecule has 0 radical (unpaired) electrons. The van der Waals surface area contributed by atoms with Gasteiger partial charge in [0.2, 0.25) is 0 Å². The Labute approximate surface area is 230 Å². The molecular formula is C30H25Cl2NO3S. The van der Waals surface area contributed by atoms with Crippen LogP contribution in [0.5, 0.6) is 0 Å². The van der Waals surface area contributed by atoms with Crippen LogP contribution in [0, 0.1) is 0 Å². The first-order valence-corrected chi connectivity index (χ1v) is 13.6. The highest BCUT2D eigenvalue weighted by atomic mass is 35.5. The molecule has 4 aromatic rings. The third-order valence-corrected chi connectivity index (χ3v) is 8.47. The van der Waals surface area contributed by atoms with Crippen LogP contribution in [0.2, 0.25) is 9.36 Å². The molecule has 1 heterocycles. The highest BCUT2D eigenvalue weighted by molar-refractivity contribution is 7.20. The Kier molecular flexibility index (Phi) is 7.13. The number of hydrogen-bond acceptors (Lipinski definition) is 4. The molecule has 1 aromatic heterocycles. The number of hydrogen-bond donors (Lipinski definition) is 1. The van der Waals surface area contributed by atoms with Gasteiger partial charge < -0.3 is 4.74 Å². The van der Waals surface area contributed by atoms with Gasteiger partial charge in [-0.05, 0) is 72.7 Å². The smallest absolute Gasteiger partial charge is 0.412 e. The lowest BCUT2D eigenvalue weighted by Gasteiger charge is -2.15. The summed E-state index contributed by atoms with van der Waals surface area (Å²) < 4.78 is 6.12. The molecule has 7 heteroatoms. The van der Waals surface area contributed by atoms with Crippen LogP contribution in [0.4, 0.5) is 10.5 Å². The maximum Gasteiger partial charge on any atom is 0.412 e. The highest BCUT2D eigenvalue weighted by Gasteiger charge is 2.48. The first kappa shape index (κ1) is 25.5. The van der Waals surface area contributed by atoms with E-state index < -0.39 is 12.2 Å². The average molecular weight is 551 g/mol. The van der Waals surface area contributed by atoms with E-state index in [4.69, 9.17) is 27.9 Å². The second-order valence-electron chi connectivity index (χ2n) is 9.31. The largest absolute Gasteiger partial charge is 0.441 e. The number of carbonyl (C=O) groups excluding carboxylic acids is 2. The monoisotopic (exact) mass is 549 g/mol. The summed E-state index contributed by atoms with van der Waals surface area (Å²) >= 11 is 13.6. The lowest BCUT2D eigenvalue weighted by atomic mass is 9.90. The molecule has 0 aliphatic heterocycles. The summed E-state index contributed by atoms with van der Waals surface area (Å²) in [6.45, 7) is 3.49. The van der Waals surface area contributed by atoms with Crippen LogP contribution in [0.25, 0.3) is 21.6 Å². The van der Waals surface area contributed by atoms with E-state index in [9.17, 15) is 9.59 Å². The van der Waals surface area contributed by atoms with E-state index >= 15 is 0 Å². The fourth-order valence-corrected chi connectivity index (χ4v) is 5.85. The first-order valence-electron chi connectivity index (χ1n) is 12.0. The zero-order valence-electron chi connectivity index (χ0n) is 20.4. The van der Waals surface area contributed by atoms with Crippen molar-refractivity contribution in [1.29, 1.82) is 0 Å². The second-order valence-corrected chi connectivity index (χ2v) is 11.4. The normalized spacial score (nSPS) is 14.6. The SMILES string of the molecule is CC(=O)C1(c2ccc(-c3ccc(-c4sc(Cl)cc4NC(=O)O[C@H](C)c4ccc(Cl)cc4)cc3)cc2)CC1. The van der Waals surface area contributed by atoms with Gasteiger partial charge in [-0.2, -0.15) is 0 Å². The number of carbonyl (C=O) groups is 2. The first-order chi connectivity index (χ1) is 17.7. The van der Waals surface area contributed by atoms with Crippen molar-refractivity contribution in [2.24, 2.45) is 0 Å². The van der Waals surface area contributed by atoms with E-state index in [1.54, 1.807) is 32.0 Å². The molecule has 0 unspecified atom stereocenters. The number of rotatable bonds is 7. The average Bonchev–Trinajstić information content (AvgIpc) is 3.63. The van der Waals surface area contributed by atoms with E-state index in [1.807, 2.05) is 36.4 Å². The fraction of sp³-hybridized carbons (Fsp3) is 0.200. The van der Waals surface area contributed by atoms with Gasteiger partial charge in [-0.3, -0.25) is 10.1 Å². The van der Waals surface area contributed by atoms with Crippen molar-refractivity contribution < 1.29 is 14.3 Å². The number of nitrogens with one attached hydrogen (secondary N) is 1. The Morgan fingerprint density at radius 3 is 2.03 bits per heavy atom. The number of thiophene rings is 1. The van der Waals surface area contributed by atoms with Gasteiger partial charge in [-0.15, -0.1) is 11.3 Å². The number of ether oxygens (including phenoxy) is 1. The van der Waals surface area contributed by atoms with Gasteiger partial charge in [-0.1, -0.05) is 83.9 Å². The Hall–Kier alpha value is -3.12. The number of benzene rings is 3. The van der Waals surface area contributed by atoms with Crippen LogP contribution in [-0.2, 0) is 14.9 Å². The summed E-state index contributed by atoms with van der Waals surface area (Å²) in [4.78, 5) is 25.5. The zero-order valence-corrected chi connectivity index (χ0v) is 22.7. The Morgan fingerprint density at radius 2 is 1.46 bits per heavy atom. The van der Waals surface area contributed by atoms with E-state index in [0.29, 0.717) is 15.0 Å². The molecule has 4 nitrogen and oxygen atoms in total. The molecule has 0 spiro atoms. The summed E-state index contributed by atoms with van der Waals surface area (Å²) in [5.74, 6) is 0.243. The van der Waals surface area contributed by atoms with Crippen LogP contribution in [0.3, 0.4) is 0 Å². The molecule has 1 aliphatic rings.